The van der Waals surface area contributed by atoms with E-state index in [1.54, 1.807) is 0 Å². The minimum Gasteiger partial charge on any atom is -0.301 e. The predicted octanol–water partition coefficient (Wildman–Crippen LogP) is 3.82. The monoisotopic (exact) mass is 252 g/mol. The van der Waals surface area contributed by atoms with Gasteiger partial charge in [-0.1, -0.05) is 36.4 Å². The summed E-state index contributed by atoms with van der Waals surface area (Å²) in [5, 5.41) is 11.6. The molecule has 0 amide bonds. The molecule has 19 heavy (non-hydrogen) atoms. The number of benzene rings is 2. The van der Waals surface area contributed by atoms with Crippen molar-refractivity contribution < 1.29 is 0 Å². The van der Waals surface area contributed by atoms with Gasteiger partial charge in [-0.3, -0.25) is 0 Å². The quantitative estimate of drug-likeness (QED) is 0.827. The summed E-state index contributed by atoms with van der Waals surface area (Å²) < 4.78 is 0. The van der Waals surface area contributed by atoms with Crippen molar-refractivity contribution in [3.63, 3.8) is 0 Å². The van der Waals surface area contributed by atoms with Crippen molar-refractivity contribution in [3.8, 4) is 6.07 Å². The van der Waals surface area contributed by atoms with Crippen molar-refractivity contribution in [1.82, 2.24) is 4.90 Å². The zero-order valence-electron chi connectivity index (χ0n) is 11.9. The molecule has 0 bridgehead atoms. The zero-order chi connectivity index (χ0) is 13.9. The molecular weight excluding hydrogens is 232 g/mol. The lowest BCUT2D eigenvalue weighted by Gasteiger charge is -2.24. The van der Waals surface area contributed by atoms with E-state index in [2.05, 4.69) is 60.5 Å². The van der Waals surface area contributed by atoms with E-state index >= 15 is 0 Å². The smallest absolute Gasteiger partial charge is 0.0697 e. The normalized spacial score (nSPS) is 11.7. The van der Waals surface area contributed by atoms with E-state index < -0.39 is 0 Å². The van der Waals surface area contributed by atoms with E-state index in [0.29, 0.717) is 0 Å². The highest BCUT2D eigenvalue weighted by Crippen LogP contribution is 2.19. The number of hydrogen-bond donors (Lipinski definition) is 0. The molecule has 0 unspecified atom stereocenters. The molecule has 98 valence electrons. The van der Waals surface area contributed by atoms with Gasteiger partial charge in [0.2, 0.25) is 0 Å². The van der Waals surface area contributed by atoms with Crippen molar-refractivity contribution >= 4 is 10.8 Å². The van der Waals surface area contributed by atoms with Crippen LogP contribution in [0, 0.1) is 16.7 Å². The Balaban J connectivity index is 2.11. The lowest BCUT2D eigenvalue weighted by atomic mass is 9.95. The van der Waals surface area contributed by atoms with Crippen LogP contribution in [0.1, 0.15) is 19.4 Å². The summed E-state index contributed by atoms with van der Waals surface area (Å²) in [6.45, 7) is 5.60. The van der Waals surface area contributed by atoms with Crippen LogP contribution in [0.2, 0.25) is 0 Å². The second kappa shape index (κ2) is 5.42. The number of nitriles is 1. The largest absolute Gasteiger partial charge is 0.301 e. The van der Waals surface area contributed by atoms with Crippen molar-refractivity contribution in [2.45, 2.75) is 20.4 Å². The first-order chi connectivity index (χ1) is 9.00. The average Bonchev–Trinajstić information content (AvgIpc) is 2.38. The highest BCUT2D eigenvalue weighted by atomic mass is 15.1. The fourth-order valence-electron chi connectivity index (χ4n) is 2.41. The van der Waals surface area contributed by atoms with Gasteiger partial charge in [0, 0.05) is 13.1 Å². The van der Waals surface area contributed by atoms with Crippen LogP contribution in [0.3, 0.4) is 0 Å². The fourth-order valence-corrected chi connectivity index (χ4v) is 2.41. The van der Waals surface area contributed by atoms with Gasteiger partial charge >= 0.3 is 0 Å². The molecule has 0 aliphatic rings. The Hall–Kier alpha value is -1.85. The van der Waals surface area contributed by atoms with Crippen molar-refractivity contribution in [3.05, 3.63) is 48.0 Å². The first-order valence-corrected chi connectivity index (χ1v) is 6.58. The molecule has 0 saturated heterocycles. The van der Waals surface area contributed by atoms with Crippen LogP contribution in [-0.2, 0) is 6.54 Å². The predicted molar refractivity (Wildman–Crippen MR) is 79.7 cm³/mol. The molecule has 0 spiro atoms. The molecule has 0 N–H and O–H groups in total. The lowest BCUT2D eigenvalue weighted by Crippen LogP contribution is -2.29. The summed E-state index contributed by atoms with van der Waals surface area (Å²) in [5.74, 6) is 0. The van der Waals surface area contributed by atoms with Crippen LogP contribution in [0.15, 0.2) is 42.5 Å². The van der Waals surface area contributed by atoms with E-state index in [4.69, 9.17) is 5.26 Å². The van der Waals surface area contributed by atoms with Crippen LogP contribution in [-0.4, -0.2) is 18.5 Å². The van der Waals surface area contributed by atoms with Crippen LogP contribution in [0.25, 0.3) is 10.8 Å². The Bertz CT molecular complexity index is 608. The first kappa shape index (κ1) is 13.6. The molecule has 2 aromatic rings. The van der Waals surface area contributed by atoms with E-state index in [9.17, 15) is 0 Å². The molecule has 0 fully saturated rings. The van der Waals surface area contributed by atoms with Gasteiger partial charge in [-0.25, -0.2) is 0 Å². The van der Waals surface area contributed by atoms with Crippen LogP contribution in [0.5, 0.6) is 0 Å². The number of nitrogens with zero attached hydrogens (tertiary/aromatic N) is 2. The molecule has 0 aliphatic heterocycles. The third kappa shape index (κ3) is 3.56. The van der Waals surface area contributed by atoms with Gasteiger partial charge in [-0.05, 0) is 43.3 Å². The first-order valence-electron chi connectivity index (χ1n) is 6.58. The van der Waals surface area contributed by atoms with Crippen LogP contribution in [0.4, 0.5) is 0 Å². The van der Waals surface area contributed by atoms with Gasteiger partial charge < -0.3 is 4.90 Å². The summed E-state index contributed by atoms with van der Waals surface area (Å²) in [7, 11) is 2.06. The SMILES string of the molecule is CN(Cc1ccc2ccccc2c1)CC(C)(C)C#N. The molecule has 0 aromatic heterocycles. The van der Waals surface area contributed by atoms with Crippen molar-refractivity contribution in [1.29, 1.82) is 5.26 Å². The van der Waals surface area contributed by atoms with E-state index in [0.717, 1.165) is 13.1 Å². The molecule has 2 nitrogen and oxygen atoms in total. The Labute approximate surface area is 115 Å². The van der Waals surface area contributed by atoms with Crippen molar-refractivity contribution in [2.75, 3.05) is 13.6 Å². The molecule has 0 heterocycles. The molecule has 0 saturated carbocycles. The Morgan fingerprint density at radius 1 is 1.11 bits per heavy atom. The Morgan fingerprint density at radius 2 is 1.79 bits per heavy atom. The molecule has 2 aromatic carbocycles. The second-order valence-corrected chi connectivity index (χ2v) is 5.85. The standard InChI is InChI=1S/C17H20N2/c1-17(2,12-18)13-19(3)11-14-8-9-15-6-4-5-7-16(15)10-14/h4-10H,11,13H2,1-3H3. The van der Waals surface area contributed by atoms with Crippen LogP contribution >= 0.6 is 0 Å². The summed E-state index contributed by atoms with van der Waals surface area (Å²) >= 11 is 0. The third-order valence-corrected chi connectivity index (χ3v) is 3.23. The molecule has 2 heteroatoms. The van der Waals surface area contributed by atoms with E-state index in [-0.39, 0.29) is 5.41 Å². The summed E-state index contributed by atoms with van der Waals surface area (Å²) in [6.07, 6.45) is 0. The number of hydrogen-bond acceptors (Lipinski definition) is 2. The fraction of sp³-hybridized carbons (Fsp3) is 0.353. The van der Waals surface area contributed by atoms with Crippen molar-refractivity contribution in [2.24, 2.45) is 5.41 Å². The molecule has 0 aliphatic carbocycles. The van der Waals surface area contributed by atoms with Gasteiger partial charge in [0.05, 0.1) is 11.5 Å². The Kier molecular flexibility index (Phi) is 3.87. The summed E-state index contributed by atoms with van der Waals surface area (Å²) in [4.78, 5) is 2.20. The Morgan fingerprint density at radius 3 is 2.47 bits per heavy atom. The van der Waals surface area contributed by atoms with Gasteiger partial charge in [-0.15, -0.1) is 0 Å². The lowest BCUT2D eigenvalue weighted by molar-refractivity contribution is 0.249. The summed E-state index contributed by atoms with van der Waals surface area (Å²) in [6, 6.07) is 17.3. The highest BCUT2D eigenvalue weighted by molar-refractivity contribution is 5.82. The van der Waals surface area contributed by atoms with Gasteiger partial charge in [0.1, 0.15) is 0 Å². The minimum absolute atomic E-state index is 0.300. The van der Waals surface area contributed by atoms with Gasteiger partial charge in [0.15, 0.2) is 0 Å². The topological polar surface area (TPSA) is 27.0 Å². The van der Waals surface area contributed by atoms with Gasteiger partial charge in [-0.2, -0.15) is 5.26 Å². The minimum atomic E-state index is -0.300. The second-order valence-electron chi connectivity index (χ2n) is 5.85. The maximum absolute atomic E-state index is 9.07. The highest BCUT2D eigenvalue weighted by Gasteiger charge is 2.19. The van der Waals surface area contributed by atoms with Crippen LogP contribution < -0.4 is 0 Å². The molecule has 0 radical (unpaired) electrons. The summed E-state index contributed by atoms with van der Waals surface area (Å²) in [5.41, 5.74) is 0.987. The number of fused-ring (bicyclic) bond motifs is 1. The molecule has 2 rings (SSSR count). The van der Waals surface area contributed by atoms with E-state index in [1.807, 2.05) is 13.8 Å². The van der Waals surface area contributed by atoms with Gasteiger partial charge in [0.25, 0.3) is 0 Å². The number of rotatable bonds is 4. The maximum atomic E-state index is 9.07. The maximum Gasteiger partial charge on any atom is 0.0697 e. The molecular formula is C17H20N2. The van der Waals surface area contributed by atoms with E-state index in [1.165, 1.54) is 16.3 Å². The third-order valence-electron chi connectivity index (χ3n) is 3.23. The molecule has 0 atom stereocenters. The zero-order valence-corrected chi connectivity index (χ0v) is 11.9. The average molecular weight is 252 g/mol.